The van der Waals surface area contributed by atoms with Crippen LogP contribution < -0.4 is 4.74 Å². The number of nitrogens with zero attached hydrogens (tertiary/aromatic N) is 1. The summed E-state index contributed by atoms with van der Waals surface area (Å²) >= 11 is 0. The standard InChI is InChI=1S/C13H14N2O2/c1-9(16)7-13-14-8-12(15-13)10-3-5-11(17-2)6-4-10/h3-6,8H,7H2,1-2H3,(H,14,15). The Labute approximate surface area is 99.7 Å². The molecule has 0 saturated carbocycles. The molecule has 0 unspecified atom stereocenters. The molecule has 0 amide bonds. The molecular weight excluding hydrogens is 216 g/mol. The fourth-order valence-corrected chi connectivity index (χ4v) is 1.61. The fraction of sp³-hybridized carbons (Fsp3) is 0.231. The molecule has 0 atom stereocenters. The van der Waals surface area contributed by atoms with Gasteiger partial charge in [0.05, 0.1) is 25.4 Å². The van der Waals surface area contributed by atoms with Crippen LogP contribution in [-0.2, 0) is 11.2 Å². The topological polar surface area (TPSA) is 55.0 Å². The van der Waals surface area contributed by atoms with E-state index in [0.29, 0.717) is 12.2 Å². The van der Waals surface area contributed by atoms with Gasteiger partial charge in [-0.1, -0.05) is 0 Å². The van der Waals surface area contributed by atoms with Crippen molar-refractivity contribution in [1.82, 2.24) is 9.97 Å². The number of hydrogen-bond acceptors (Lipinski definition) is 3. The lowest BCUT2D eigenvalue weighted by Gasteiger charge is -2.00. The molecule has 1 heterocycles. The maximum Gasteiger partial charge on any atom is 0.137 e. The number of aromatic nitrogens is 2. The van der Waals surface area contributed by atoms with Crippen LogP contribution in [0.5, 0.6) is 5.75 Å². The van der Waals surface area contributed by atoms with Gasteiger partial charge in [0, 0.05) is 0 Å². The molecule has 0 aliphatic heterocycles. The maximum atomic E-state index is 11.0. The number of methoxy groups -OCH3 is 1. The Morgan fingerprint density at radius 1 is 1.35 bits per heavy atom. The lowest BCUT2D eigenvalue weighted by molar-refractivity contribution is -0.116. The van der Waals surface area contributed by atoms with E-state index in [-0.39, 0.29) is 5.78 Å². The van der Waals surface area contributed by atoms with Crippen molar-refractivity contribution in [3.63, 3.8) is 0 Å². The zero-order valence-corrected chi connectivity index (χ0v) is 9.86. The molecule has 0 spiro atoms. The third-order valence-electron chi connectivity index (χ3n) is 2.45. The number of rotatable bonds is 4. The number of hydrogen-bond donors (Lipinski definition) is 1. The van der Waals surface area contributed by atoms with Crippen LogP contribution in [0.2, 0.25) is 0 Å². The highest BCUT2D eigenvalue weighted by atomic mass is 16.5. The molecule has 1 aromatic carbocycles. The van der Waals surface area contributed by atoms with Gasteiger partial charge in [0.1, 0.15) is 17.4 Å². The summed E-state index contributed by atoms with van der Waals surface area (Å²) in [7, 11) is 1.64. The average Bonchev–Trinajstić information content (AvgIpc) is 2.77. The molecule has 4 heteroatoms. The molecule has 2 aromatic rings. The van der Waals surface area contributed by atoms with Crippen molar-refractivity contribution < 1.29 is 9.53 Å². The highest BCUT2D eigenvalue weighted by molar-refractivity contribution is 5.77. The van der Waals surface area contributed by atoms with E-state index >= 15 is 0 Å². The molecule has 0 fully saturated rings. The smallest absolute Gasteiger partial charge is 0.137 e. The third-order valence-corrected chi connectivity index (χ3v) is 2.45. The summed E-state index contributed by atoms with van der Waals surface area (Å²) in [5, 5.41) is 0. The first-order valence-electron chi connectivity index (χ1n) is 5.37. The number of nitrogens with one attached hydrogen (secondary N) is 1. The number of imidazole rings is 1. The predicted molar refractivity (Wildman–Crippen MR) is 65.0 cm³/mol. The Bertz CT molecular complexity index is 514. The van der Waals surface area contributed by atoms with E-state index in [9.17, 15) is 4.79 Å². The van der Waals surface area contributed by atoms with Gasteiger partial charge in [-0.15, -0.1) is 0 Å². The summed E-state index contributed by atoms with van der Waals surface area (Å²) in [6, 6.07) is 7.68. The monoisotopic (exact) mass is 230 g/mol. The van der Waals surface area contributed by atoms with E-state index < -0.39 is 0 Å². The van der Waals surface area contributed by atoms with Crippen LogP contribution in [0.3, 0.4) is 0 Å². The van der Waals surface area contributed by atoms with E-state index in [0.717, 1.165) is 17.0 Å². The molecule has 0 radical (unpaired) electrons. The number of benzene rings is 1. The van der Waals surface area contributed by atoms with Gasteiger partial charge in [-0.2, -0.15) is 0 Å². The summed E-state index contributed by atoms with van der Waals surface area (Å²) in [6.45, 7) is 1.55. The SMILES string of the molecule is COc1ccc(-c2cnc(CC(C)=O)[nH]2)cc1. The van der Waals surface area contributed by atoms with E-state index in [2.05, 4.69) is 9.97 Å². The quantitative estimate of drug-likeness (QED) is 0.876. The first-order valence-corrected chi connectivity index (χ1v) is 5.37. The molecule has 1 aromatic heterocycles. The van der Waals surface area contributed by atoms with Crippen LogP contribution in [-0.4, -0.2) is 22.9 Å². The minimum atomic E-state index is 0.0978. The van der Waals surface area contributed by atoms with Gasteiger partial charge in [-0.3, -0.25) is 4.79 Å². The molecule has 1 N–H and O–H groups in total. The van der Waals surface area contributed by atoms with Crippen LogP contribution in [0, 0.1) is 0 Å². The average molecular weight is 230 g/mol. The zero-order chi connectivity index (χ0) is 12.3. The fourth-order valence-electron chi connectivity index (χ4n) is 1.61. The van der Waals surface area contributed by atoms with Crippen LogP contribution in [0.1, 0.15) is 12.7 Å². The lowest BCUT2D eigenvalue weighted by atomic mass is 10.2. The minimum Gasteiger partial charge on any atom is -0.497 e. The van der Waals surface area contributed by atoms with Crippen LogP contribution in [0.4, 0.5) is 0 Å². The molecule has 2 rings (SSSR count). The number of H-pyrrole nitrogens is 1. The molecule has 0 saturated heterocycles. The van der Waals surface area contributed by atoms with Crippen molar-refractivity contribution >= 4 is 5.78 Å². The summed E-state index contributed by atoms with van der Waals surface area (Å²) in [6.07, 6.45) is 2.08. The highest BCUT2D eigenvalue weighted by Crippen LogP contribution is 2.20. The largest absolute Gasteiger partial charge is 0.497 e. The number of carbonyl (C=O) groups excluding carboxylic acids is 1. The van der Waals surface area contributed by atoms with Crippen LogP contribution >= 0.6 is 0 Å². The van der Waals surface area contributed by atoms with E-state index in [4.69, 9.17) is 4.74 Å². The van der Waals surface area contributed by atoms with Gasteiger partial charge >= 0.3 is 0 Å². The van der Waals surface area contributed by atoms with Gasteiger partial charge in [0.15, 0.2) is 0 Å². The van der Waals surface area contributed by atoms with E-state index in [1.165, 1.54) is 0 Å². The zero-order valence-electron chi connectivity index (χ0n) is 9.86. The number of aromatic amines is 1. The molecule has 88 valence electrons. The summed E-state index contributed by atoms with van der Waals surface area (Å²) in [5.74, 6) is 1.61. The highest BCUT2D eigenvalue weighted by Gasteiger charge is 2.05. The first kappa shape index (κ1) is 11.4. The Morgan fingerprint density at radius 3 is 2.65 bits per heavy atom. The van der Waals surface area contributed by atoms with Gasteiger partial charge in [0.2, 0.25) is 0 Å². The molecule has 0 aliphatic carbocycles. The summed E-state index contributed by atoms with van der Waals surface area (Å²) in [4.78, 5) is 18.3. The molecular formula is C13H14N2O2. The maximum absolute atomic E-state index is 11.0. The van der Waals surface area contributed by atoms with Gasteiger partial charge in [-0.25, -0.2) is 4.98 Å². The van der Waals surface area contributed by atoms with E-state index in [1.807, 2.05) is 24.3 Å². The Balaban J connectivity index is 2.21. The molecule has 0 aliphatic rings. The van der Waals surface area contributed by atoms with Crippen molar-refractivity contribution in [3.05, 3.63) is 36.3 Å². The molecule has 4 nitrogen and oxygen atoms in total. The second kappa shape index (κ2) is 4.82. The summed E-state index contributed by atoms with van der Waals surface area (Å²) < 4.78 is 5.09. The Morgan fingerprint density at radius 2 is 2.06 bits per heavy atom. The van der Waals surface area contributed by atoms with Gasteiger partial charge in [0.25, 0.3) is 0 Å². The Hall–Kier alpha value is -2.10. The Kier molecular flexibility index (Phi) is 3.23. The molecule has 17 heavy (non-hydrogen) atoms. The van der Waals surface area contributed by atoms with Crippen molar-refractivity contribution in [1.29, 1.82) is 0 Å². The van der Waals surface area contributed by atoms with E-state index in [1.54, 1.807) is 20.2 Å². The van der Waals surface area contributed by atoms with Crippen LogP contribution in [0.15, 0.2) is 30.5 Å². The van der Waals surface area contributed by atoms with Crippen LogP contribution in [0.25, 0.3) is 11.3 Å². The van der Waals surface area contributed by atoms with Crippen molar-refractivity contribution in [3.8, 4) is 17.0 Å². The third kappa shape index (κ3) is 2.72. The molecule has 0 bridgehead atoms. The van der Waals surface area contributed by atoms with Gasteiger partial charge < -0.3 is 9.72 Å². The normalized spacial score (nSPS) is 10.2. The van der Waals surface area contributed by atoms with Crippen molar-refractivity contribution in [2.24, 2.45) is 0 Å². The first-order chi connectivity index (χ1) is 8.19. The second-order valence-corrected chi connectivity index (χ2v) is 3.85. The number of carbonyl (C=O) groups is 1. The minimum absolute atomic E-state index is 0.0978. The van der Waals surface area contributed by atoms with Gasteiger partial charge in [-0.05, 0) is 36.8 Å². The number of Topliss-reactive ketones (excluding diaryl/α,β-unsaturated/α-hetero) is 1. The lowest BCUT2D eigenvalue weighted by Crippen LogP contribution is -1.97. The van der Waals surface area contributed by atoms with Crippen molar-refractivity contribution in [2.45, 2.75) is 13.3 Å². The summed E-state index contributed by atoms with van der Waals surface area (Å²) in [5.41, 5.74) is 1.93. The predicted octanol–water partition coefficient (Wildman–Crippen LogP) is 2.22. The van der Waals surface area contributed by atoms with Crippen molar-refractivity contribution in [2.75, 3.05) is 7.11 Å². The second-order valence-electron chi connectivity index (χ2n) is 3.85. The number of ketones is 1. The number of ether oxygens (including phenoxy) is 1.